The summed E-state index contributed by atoms with van der Waals surface area (Å²) in [5.74, 6) is -0.937. The van der Waals surface area contributed by atoms with Gasteiger partial charge in [0.2, 0.25) is 5.91 Å². The van der Waals surface area contributed by atoms with Crippen molar-refractivity contribution in [3.63, 3.8) is 0 Å². The number of nitro groups is 1. The van der Waals surface area contributed by atoms with Crippen molar-refractivity contribution in [3.8, 4) is 0 Å². The van der Waals surface area contributed by atoms with Gasteiger partial charge in [-0.15, -0.1) is 0 Å². The predicted octanol–water partition coefficient (Wildman–Crippen LogP) is 2.12. The summed E-state index contributed by atoms with van der Waals surface area (Å²) in [7, 11) is 1.23. The molecule has 2 N–H and O–H groups in total. The monoisotopic (exact) mass is 389 g/mol. The number of hydrogen-bond donors (Lipinski definition) is 2. The molecule has 10 heteroatoms. The number of carbonyl (C=O) groups excluding carboxylic acids is 2. The van der Waals surface area contributed by atoms with Crippen LogP contribution in [0.3, 0.4) is 0 Å². The van der Waals surface area contributed by atoms with Crippen molar-refractivity contribution >= 4 is 56.5 Å². The number of carbonyl (C=O) groups is 2. The highest BCUT2D eigenvalue weighted by molar-refractivity contribution is 9.10. The second-order valence-electron chi connectivity index (χ2n) is 4.00. The van der Waals surface area contributed by atoms with Crippen molar-refractivity contribution in [2.75, 3.05) is 12.4 Å². The molecule has 1 amide bonds. The molecule has 0 spiro atoms. The zero-order chi connectivity index (χ0) is 16.7. The van der Waals surface area contributed by atoms with Crippen molar-refractivity contribution in [3.05, 3.63) is 32.8 Å². The topological polar surface area (TPSA) is 111 Å². The maximum absolute atomic E-state index is 11.5. The van der Waals surface area contributed by atoms with Crippen LogP contribution in [0.1, 0.15) is 12.8 Å². The molecular formula is C12H12BrN3O5S. The number of halogens is 1. The Bertz CT molecular complexity index is 623. The Morgan fingerprint density at radius 3 is 2.64 bits per heavy atom. The van der Waals surface area contributed by atoms with Crippen molar-refractivity contribution in [1.29, 1.82) is 0 Å². The lowest BCUT2D eigenvalue weighted by Gasteiger charge is -2.10. The minimum absolute atomic E-state index is 0.0180. The lowest BCUT2D eigenvalue weighted by molar-refractivity contribution is -0.384. The quantitative estimate of drug-likeness (QED) is 0.343. The fourth-order valence-electron chi connectivity index (χ4n) is 1.38. The Morgan fingerprint density at radius 1 is 1.41 bits per heavy atom. The van der Waals surface area contributed by atoms with Gasteiger partial charge in [0.15, 0.2) is 5.11 Å². The fraction of sp³-hybridized carbons (Fsp3) is 0.250. The second kappa shape index (κ2) is 8.39. The maximum Gasteiger partial charge on any atom is 0.306 e. The molecule has 22 heavy (non-hydrogen) atoms. The highest BCUT2D eigenvalue weighted by atomic mass is 79.9. The molecule has 1 aromatic rings. The van der Waals surface area contributed by atoms with Gasteiger partial charge in [0, 0.05) is 23.0 Å². The van der Waals surface area contributed by atoms with E-state index in [-0.39, 0.29) is 23.6 Å². The van der Waals surface area contributed by atoms with Crippen molar-refractivity contribution in [1.82, 2.24) is 5.32 Å². The van der Waals surface area contributed by atoms with E-state index in [0.717, 1.165) is 0 Å². The molecule has 0 radical (unpaired) electrons. The Morgan fingerprint density at radius 2 is 2.09 bits per heavy atom. The normalized spacial score (nSPS) is 9.73. The third-order valence-corrected chi connectivity index (χ3v) is 3.31. The number of benzene rings is 1. The number of esters is 1. The number of nitro benzene ring substituents is 1. The van der Waals surface area contributed by atoms with Crippen LogP contribution in [0, 0.1) is 10.1 Å². The van der Waals surface area contributed by atoms with Gasteiger partial charge in [-0.05, 0) is 34.2 Å². The van der Waals surface area contributed by atoms with Crippen molar-refractivity contribution in [2.24, 2.45) is 0 Å². The first-order chi connectivity index (χ1) is 10.3. The number of rotatable bonds is 5. The van der Waals surface area contributed by atoms with Crippen LogP contribution >= 0.6 is 28.1 Å². The zero-order valence-corrected chi connectivity index (χ0v) is 13.8. The molecule has 0 unspecified atom stereocenters. The fourth-order valence-corrected chi connectivity index (χ4v) is 2.07. The van der Waals surface area contributed by atoms with Gasteiger partial charge in [0.1, 0.15) is 0 Å². The lowest BCUT2D eigenvalue weighted by atomic mass is 10.3. The molecule has 0 saturated carbocycles. The van der Waals surface area contributed by atoms with Gasteiger partial charge in [0.05, 0.1) is 24.1 Å². The Hall–Kier alpha value is -2.07. The average molecular weight is 390 g/mol. The molecule has 0 heterocycles. The van der Waals surface area contributed by atoms with E-state index in [1.165, 1.54) is 25.3 Å². The van der Waals surface area contributed by atoms with E-state index in [0.29, 0.717) is 10.2 Å². The highest BCUT2D eigenvalue weighted by Crippen LogP contribution is 2.26. The lowest BCUT2D eigenvalue weighted by Crippen LogP contribution is -2.34. The predicted molar refractivity (Wildman–Crippen MR) is 86.4 cm³/mol. The van der Waals surface area contributed by atoms with Crippen LogP contribution in [-0.4, -0.2) is 29.0 Å². The summed E-state index contributed by atoms with van der Waals surface area (Å²) in [5, 5.41) is 15.8. The van der Waals surface area contributed by atoms with E-state index >= 15 is 0 Å². The molecule has 0 bridgehead atoms. The first kappa shape index (κ1) is 18.0. The van der Waals surface area contributed by atoms with E-state index in [4.69, 9.17) is 12.2 Å². The number of nitrogens with zero attached hydrogens (tertiary/aromatic N) is 1. The summed E-state index contributed by atoms with van der Waals surface area (Å²) < 4.78 is 4.84. The summed E-state index contributed by atoms with van der Waals surface area (Å²) in [6.07, 6.45) is -0.109. The van der Waals surface area contributed by atoms with Gasteiger partial charge < -0.3 is 15.4 Å². The minimum Gasteiger partial charge on any atom is -0.469 e. The van der Waals surface area contributed by atoms with Crippen LogP contribution in [0.2, 0.25) is 0 Å². The summed E-state index contributed by atoms with van der Waals surface area (Å²) in [5.41, 5.74) is 0.384. The summed E-state index contributed by atoms with van der Waals surface area (Å²) >= 11 is 8.12. The highest BCUT2D eigenvalue weighted by Gasteiger charge is 2.12. The molecule has 118 valence electrons. The second-order valence-corrected chi connectivity index (χ2v) is 5.26. The first-order valence-corrected chi connectivity index (χ1v) is 7.15. The first-order valence-electron chi connectivity index (χ1n) is 5.95. The number of thiocarbonyl (C=S) groups is 1. The molecule has 0 fully saturated rings. The number of ether oxygens (including phenoxy) is 1. The van der Waals surface area contributed by atoms with Gasteiger partial charge in [-0.1, -0.05) is 0 Å². The van der Waals surface area contributed by atoms with Crippen LogP contribution in [0.25, 0.3) is 0 Å². The number of nitrogens with one attached hydrogen (secondary N) is 2. The summed E-state index contributed by atoms with van der Waals surface area (Å²) in [6.45, 7) is 0. The summed E-state index contributed by atoms with van der Waals surface area (Å²) in [6, 6.07) is 4.06. The van der Waals surface area contributed by atoms with Crippen molar-refractivity contribution in [2.45, 2.75) is 12.8 Å². The standard InChI is InChI=1S/C12H12BrN3O5S/c1-21-11(18)5-4-10(17)15-12(22)14-9-3-2-7(16(19)20)6-8(9)13/h2-3,6H,4-5H2,1H3,(H2,14,15,17,22). The molecule has 0 aliphatic carbocycles. The van der Waals surface area contributed by atoms with Crippen LogP contribution < -0.4 is 10.6 Å². The molecule has 0 aliphatic rings. The molecule has 0 saturated heterocycles. The SMILES string of the molecule is COC(=O)CCC(=O)NC(=S)Nc1ccc([N+](=O)[O-])cc1Br. The van der Waals surface area contributed by atoms with Gasteiger partial charge in [-0.25, -0.2) is 0 Å². The average Bonchev–Trinajstić information content (AvgIpc) is 2.46. The van der Waals surface area contributed by atoms with Crippen LogP contribution in [-0.2, 0) is 14.3 Å². The molecule has 0 aromatic heterocycles. The molecule has 0 atom stereocenters. The van der Waals surface area contributed by atoms with E-state index in [1.807, 2.05) is 0 Å². The molecule has 1 aromatic carbocycles. The van der Waals surface area contributed by atoms with E-state index in [1.54, 1.807) is 0 Å². The number of non-ortho nitro benzene ring substituents is 1. The number of amides is 1. The number of methoxy groups -OCH3 is 1. The molecule has 8 nitrogen and oxygen atoms in total. The van der Waals surface area contributed by atoms with E-state index in [2.05, 4.69) is 31.3 Å². The Labute approximate surface area is 139 Å². The van der Waals surface area contributed by atoms with E-state index in [9.17, 15) is 19.7 Å². The largest absolute Gasteiger partial charge is 0.469 e. The molecular weight excluding hydrogens is 378 g/mol. The van der Waals surface area contributed by atoms with Gasteiger partial charge in [-0.3, -0.25) is 19.7 Å². The molecule has 1 rings (SSSR count). The maximum atomic E-state index is 11.5. The molecule has 0 aliphatic heterocycles. The van der Waals surface area contributed by atoms with Crippen molar-refractivity contribution < 1.29 is 19.2 Å². The van der Waals surface area contributed by atoms with Crippen LogP contribution in [0.5, 0.6) is 0 Å². The zero-order valence-electron chi connectivity index (χ0n) is 11.4. The van der Waals surface area contributed by atoms with Gasteiger partial charge in [0.25, 0.3) is 5.69 Å². The van der Waals surface area contributed by atoms with E-state index < -0.39 is 16.8 Å². The minimum atomic E-state index is -0.526. The smallest absolute Gasteiger partial charge is 0.306 e. The third-order valence-electron chi connectivity index (χ3n) is 2.45. The van der Waals surface area contributed by atoms with Gasteiger partial charge in [-0.2, -0.15) is 0 Å². The number of hydrogen-bond acceptors (Lipinski definition) is 6. The number of anilines is 1. The van der Waals surface area contributed by atoms with Crippen LogP contribution in [0.15, 0.2) is 22.7 Å². The Kier molecular flexibility index (Phi) is 6.86. The van der Waals surface area contributed by atoms with Gasteiger partial charge >= 0.3 is 5.97 Å². The third kappa shape index (κ3) is 5.74. The summed E-state index contributed by atoms with van der Waals surface area (Å²) in [4.78, 5) is 32.6. The van der Waals surface area contributed by atoms with Crippen LogP contribution in [0.4, 0.5) is 11.4 Å². The Balaban J connectivity index is 2.56.